The van der Waals surface area contributed by atoms with Gasteiger partial charge in [-0.1, -0.05) is 12.1 Å². The first-order chi connectivity index (χ1) is 11.3. The van der Waals surface area contributed by atoms with Crippen LogP contribution < -0.4 is 10.1 Å². The molecule has 1 saturated carbocycles. The van der Waals surface area contributed by atoms with Crippen molar-refractivity contribution in [1.82, 2.24) is 9.38 Å². The number of pyridine rings is 1. The van der Waals surface area contributed by atoms with Crippen LogP contribution in [0.5, 0.6) is 5.75 Å². The number of hydrogen-bond acceptors (Lipinski definition) is 3. The first-order valence-electron chi connectivity index (χ1n) is 7.74. The molecule has 1 amide bonds. The zero-order chi connectivity index (χ0) is 15.6. The van der Waals surface area contributed by atoms with E-state index < -0.39 is 0 Å². The van der Waals surface area contributed by atoms with Crippen LogP contribution in [0.4, 0.5) is 5.69 Å². The molecule has 0 atom stereocenters. The van der Waals surface area contributed by atoms with Gasteiger partial charge >= 0.3 is 0 Å². The molecule has 1 aliphatic rings. The number of hydrogen-bond donors (Lipinski definition) is 1. The summed E-state index contributed by atoms with van der Waals surface area (Å²) in [7, 11) is 0. The van der Waals surface area contributed by atoms with Crippen molar-refractivity contribution in [3.63, 3.8) is 0 Å². The van der Waals surface area contributed by atoms with Gasteiger partial charge < -0.3 is 14.5 Å². The summed E-state index contributed by atoms with van der Waals surface area (Å²) in [6, 6.07) is 13.3. The second-order valence-corrected chi connectivity index (χ2v) is 5.78. The minimum absolute atomic E-state index is 0.0995. The molecule has 1 aromatic carbocycles. The van der Waals surface area contributed by atoms with E-state index in [1.54, 1.807) is 0 Å². The summed E-state index contributed by atoms with van der Waals surface area (Å²) in [4.78, 5) is 16.3. The first-order valence-corrected chi connectivity index (χ1v) is 7.74. The Bertz CT molecular complexity index is 819. The van der Waals surface area contributed by atoms with E-state index in [1.807, 2.05) is 59.3 Å². The number of nitrogens with zero attached hydrogens (tertiary/aromatic N) is 2. The predicted molar refractivity (Wildman–Crippen MR) is 87.3 cm³/mol. The summed E-state index contributed by atoms with van der Waals surface area (Å²) in [5.41, 5.74) is 2.54. The second-order valence-electron chi connectivity index (χ2n) is 5.78. The third-order valence-electron chi connectivity index (χ3n) is 3.85. The molecule has 0 radical (unpaired) electrons. The molecule has 0 bridgehead atoms. The highest BCUT2D eigenvalue weighted by molar-refractivity contribution is 5.94. The van der Waals surface area contributed by atoms with Gasteiger partial charge in [0, 0.05) is 30.1 Å². The molecular formula is C18H17N3O2. The highest BCUT2D eigenvalue weighted by Gasteiger charge is 2.29. The number of imidazole rings is 1. The van der Waals surface area contributed by atoms with E-state index in [0.717, 1.165) is 35.6 Å². The van der Waals surface area contributed by atoms with E-state index in [0.29, 0.717) is 6.61 Å². The Labute approximate surface area is 133 Å². The monoisotopic (exact) mass is 307 g/mol. The van der Waals surface area contributed by atoms with Gasteiger partial charge in [0.2, 0.25) is 5.91 Å². The molecule has 2 heterocycles. The number of fused-ring (bicyclic) bond motifs is 1. The van der Waals surface area contributed by atoms with Crippen molar-refractivity contribution in [1.29, 1.82) is 0 Å². The zero-order valence-corrected chi connectivity index (χ0v) is 12.6. The highest BCUT2D eigenvalue weighted by Crippen LogP contribution is 2.30. The average Bonchev–Trinajstić information content (AvgIpc) is 3.33. The maximum atomic E-state index is 11.8. The fourth-order valence-electron chi connectivity index (χ4n) is 2.47. The van der Waals surface area contributed by atoms with Crippen LogP contribution in [0.25, 0.3) is 5.65 Å². The lowest BCUT2D eigenvalue weighted by atomic mass is 10.3. The maximum Gasteiger partial charge on any atom is 0.227 e. The molecule has 0 saturated heterocycles. The molecule has 2 aromatic heterocycles. The third kappa shape index (κ3) is 3.18. The van der Waals surface area contributed by atoms with Crippen LogP contribution in [0.3, 0.4) is 0 Å². The molecule has 5 heteroatoms. The molecule has 116 valence electrons. The van der Waals surface area contributed by atoms with Crippen molar-refractivity contribution < 1.29 is 9.53 Å². The molecule has 1 aliphatic carbocycles. The van der Waals surface area contributed by atoms with Crippen LogP contribution in [0.2, 0.25) is 0 Å². The molecular weight excluding hydrogens is 290 g/mol. The van der Waals surface area contributed by atoms with Crippen LogP contribution >= 0.6 is 0 Å². The molecule has 4 rings (SSSR count). The van der Waals surface area contributed by atoms with Crippen LogP contribution in [-0.4, -0.2) is 15.3 Å². The van der Waals surface area contributed by atoms with Gasteiger partial charge in [0.05, 0.1) is 5.69 Å². The van der Waals surface area contributed by atoms with E-state index in [-0.39, 0.29) is 11.8 Å². The number of amides is 1. The van der Waals surface area contributed by atoms with Gasteiger partial charge in [0.25, 0.3) is 0 Å². The van der Waals surface area contributed by atoms with Gasteiger partial charge in [-0.15, -0.1) is 0 Å². The van der Waals surface area contributed by atoms with Crippen molar-refractivity contribution in [3.05, 3.63) is 60.6 Å². The van der Waals surface area contributed by atoms with Gasteiger partial charge in [0.1, 0.15) is 18.0 Å². The van der Waals surface area contributed by atoms with Crippen LogP contribution in [0.1, 0.15) is 18.5 Å². The number of benzene rings is 1. The summed E-state index contributed by atoms with van der Waals surface area (Å²) >= 11 is 0. The van der Waals surface area contributed by atoms with Crippen molar-refractivity contribution in [2.24, 2.45) is 5.92 Å². The normalized spacial score (nSPS) is 13.9. The predicted octanol–water partition coefficient (Wildman–Crippen LogP) is 3.26. The lowest BCUT2D eigenvalue weighted by Crippen LogP contribution is -2.13. The zero-order valence-electron chi connectivity index (χ0n) is 12.6. The van der Waals surface area contributed by atoms with Gasteiger partial charge in [-0.25, -0.2) is 4.98 Å². The molecule has 3 aromatic rings. The van der Waals surface area contributed by atoms with Crippen LogP contribution in [0, 0.1) is 5.92 Å². The Morgan fingerprint density at radius 2 is 2.17 bits per heavy atom. The Morgan fingerprint density at radius 1 is 1.26 bits per heavy atom. The SMILES string of the molecule is O=C(Nc1cccc(OCc2cn3ccccc3n2)c1)C1CC1. The van der Waals surface area contributed by atoms with Gasteiger partial charge in [-0.05, 0) is 37.1 Å². The number of rotatable bonds is 5. The summed E-state index contributed by atoms with van der Waals surface area (Å²) < 4.78 is 7.76. The quantitative estimate of drug-likeness (QED) is 0.787. The van der Waals surface area contributed by atoms with Gasteiger partial charge in [-0.3, -0.25) is 4.79 Å². The molecule has 0 unspecified atom stereocenters. The van der Waals surface area contributed by atoms with E-state index in [9.17, 15) is 4.79 Å². The minimum atomic E-state index is 0.0995. The maximum absolute atomic E-state index is 11.8. The Kier molecular flexibility index (Phi) is 3.46. The number of ether oxygens (including phenoxy) is 1. The summed E-state index contributed by atoms with van der Waals surface area (Å²) in [6.07, 6.45) is 5.90. The summed E-state index contributed by atoms with van der Waals surface area (Å²) in [5.74, 6) is 1.01. The van der Waals surface area contributed by atoms with Crippen molar-refractivity contribution >= 4 is 17.2 Å². The molecule has 1 fully saturated rings. The number of aromatic nitrogens is 2. The topological polar surface area (TPSA) is 55.6 Å². The second kappa shape index (κ2) is 5.76. The Hall–Kier alpha value is -2.82. The smallest absolute Gasteiger partial charge is 0.227 e. The number of anilines is 1. The summed E-state index contributed by atoms with van der Waals surface area (Å²) in [5, 5.41) is 2.93. The van der Waals surface area contributed by atoms with Crippen molar-refractivity contribution in [2.75, 3.05) is 5.32 Å². The van der Waals surface area contributed by atoms with Crippen LogP contribution in [0.15, 0.2) is 54.9 Å². The van der Waals surface area contributed by atoms with E-state index in [1.165, 1.54) is 0 Å². The third-order valence-corrected chi connectivity index (χ3v) is 3.85. The largest absolute Gasteiger partial charge is 0.487 e. The lowest BCUT2D eigenvalue weighted by molar-refractivity contribution is -0.117. The van der Waals surface area contributed by atoms with Crippen molar-refractivity contribution in [3.8, 4) is 5.75 Å². The number of nitrogens with one attached hydrogen (secondary N) is 1. The molecule has 5 nitrogen and oxygen atoms in total. The van der Waals surface area contributed by atoms with Gasteiger partial charge in [0.15, 0.2) is 0 Å². The molecule has 0 aliphatic heterocycles. The fourth-order valence-corrected chi connectivity index (χ4v) is 2.47. The minimum Gasteiger partial charge on any atom is -0.487 e. The standard InChI is InChI=1S/C18H17N3O2/c22-18(13-7-8-13)20-14-4-3-5-16(10-14)23-12-15-11-21-9-2-1-6-17(21)19-15/h1-6,9-11,13H,7-8,12H2,(H,20,22). The lowest BCUT2D eigenvalue weighted by Gasteiger charge is -2.08. The molecule has 23 heavy (non-hydrogen) atoms. The number of carbonyl (C=O) groups excluding carboxylic acids is 1. The van der Waals surface area contributed by atoms with Crippen molar-refractivity contribution in [2.45, 2.75) is 19.4 Å². The fraction of sp³-hybridized carbons (Fsp3) is 0.222. The highest BCUT2D eigenvalue weighted by atomic mass is 16.5. The first kappa shape index (κ1) is 13.8. The van der Waals surface area contributed by atoms with E-state index >= 15 is 0 Å². The molecule has 0 spiro atoms. The van der Waals surface area contributed by atoms with Crippen LogP contribution in [-0.2, 0) is 11.4 Å². The number of carbonyl (C=O) groups is 1. The Balaban J connectivity index is 1.42. The van der Waals surface area contributed by atoms with Gasteiger partial charge in [-0.2, -0.15) is 0 Å². The molecule has 1 N–H and O–H groups in total. The average molecular weight is 307 g/mol. The van der Waals surface area contributed by atoms with E-state index in [2.05, 4.69) is 10.3 Å². The Morgan fingerprint density at radius 3 is 3.00 bits per heavy atom. The van der Waals surface area contributed by atoms with E-state index in [4.69, 9.17) is 4.74 Å². The summed E-state index contributed by atoms with van der Waals surface area (Å²) in [6.45, 7) is 0.391.